The molecule has 0 atom stereocenters. The molecule has 16 nitrogen and oxygen atoms in total. The number of aromatic nitrogens is 1. The average molecular weight is 805 g/mol. The number of para-hydroxylation sites is 2. The number of hydrogen-bond acceptors (Lipinski definition) is 15. The molecule has 0 aliphatic carbocycles. The maximum atomic E-state index is 13.9. The second kappa shape index (κ2) is 17.2. The fraction of sp³-hybridized carbons (Fsp3) is 0.242. The van der Waals surface area contributed by atoms with Gasteiger partial charge in [0, 0.05) is 17.2 Å². The van der Waals surface area contributed by atoms with Gasteiger partial charge in [-0.2, -0.15) is 0 Å². The highest BCUT2D eigenvalue weighted by atomic mass is 32.2. The molecule has 0 unspecified atom stereocenters. The first-order valence-corrected chi connectivity index (χ1v) is 19.1. The zero-order valence-corrected chi connectivity index (χ0v) is 30.9. The fourth-order valence-electron chi connectivity index (χ4n) is 5.04. The minimum Gasteiger partial charge on any atom is -0.748 e. The number of ether oxygens (including phenoxy) is 4. The lowest BCUT2D eigenvalue weighted by Crippen LogP contribution is -2.36. The van der Waals surface area contributed by atoms with E-state index in [1.807, 2.05) is 29.2 Å². The Kier molecular flexibility index (Phi) is 12.7. The van der Waals surface area contributed by atoms with Crippen LogP contribution in [0.5, 0.6) is 5.75 Å². The van der Waals surface area contributed by atoms with Gasteiger partial charge in [0.15, 0.2) is 5.76 Å². The quantitative estimate of drug-likeness (QED) is 0.0908. The number of allylic oxidation sites excluding steroid dienone is 1. The predicted molar refractivity (Wildman–Crippen MR) is 195 cm³/mol. The van der Waals surface area contributed by atoms with Crippen LogP contribution >= 0.6 is 35.3 Å². The van der Waals surface area contributed by atoms with E-state index in [0.29, 0.717) is 10.8 Å². The van der Waals surface area contributed by atoms with E-state index < -0.39 is 63.4 Å². The molecule has 0 radical (unpaired) electrons. The maximum absolute atomic E-state index is 13.9. The third-order valence-electron chi connectivity index (χ3n) is 7.30. The second-order valence-electron chi connectivity index (χ2n) is 10.9. The molecule has 0 bridgehead atoms. The molecule has 53 heavy (non-hydrogen) atoms. The van der Waals surface area contributed by atoms with Crippen LogP contribution in [0.3, 0.4) is 0 Å². The zero-order valence-electron chi connectivity index (χ0n) is 27.7. The topological polar surface area (TPSA) is 214 Å². The number of thiocarbonyl (C=S) groups is 1. The zero-order chi connectivity index (χ0) is 38.3. The van der Waals surface area contributed by atoms with Crippen LogP contribution in [0.2, 0.25) is 0 Å². The first kappa shape index (κ1) is 39.2. The van der Waals surface area contributed by atoms with Crippen LogP contribution in [0.4, 0.5) is 5.69 Å². The Morgan fingerprint density at radius 2 is 1.68 bits per heavy atom. The lowest BCUT2D eigenvalue weighted by molar-refractivity contribution is -0.142. The number of hydrogen-bond donors (Lipinski definition) is 2. The van der Waals surface area contributed by atoms with E-state index in [1.54, 1.807) is 36.4 Å². The van der Waals surface area contributed by atoms with Crippen molar-refractivity contribution in [3.8, 4) is 5.75 Å². The Morgan fingerprint density at radius 1 is 0.981 bits per heavy atom. The molecule has 1 fully saturated rings. The summed E-state index contributed by atoms with van der Waals surface area (Å²) < 4.78 is 57.9. The Bertz CT molecular complexity index is 2280. The molecule has 5 rings (SSSR count). The van der Waals surface area contributed by atoms with Crippen molar-refractivity contribution in [3.63, 3.8) is 0 Å². The van der Waals surface area contributed by atoms with Crippen LogP contribution in [-0.2, 0) is 45.3 Å². The molecule has 3 heterocycles. The third kappa shape index (κ3) is 9.72. The van der Waals surface area contributed by atoms with Crippen LogP contribution in [-0.4, -0.2) is 94.8 Å². The van der Waals surface area contributed by atoms with E-state index >= 15 is 0 Å². The minimum absolute atomic E-state index is 0.0155. The van der Waals surface area contributed by atoms with Gasteiger partial charge >= 0.3 is 17.8 Å². The van der Waals surface area contributed by atoms with Gasteiger partial charge in [-0.25, -0.2) is 13.2 Å². The lowest BCUT2D eigenvalue weighted by Gasteiger charge is -2.23. The number of amides is 1. The van der Waals surface area contributed by atoms with E-state index in [0.717, 1.165) is 31.4 Å². The number of benzene rings is 2. The molecule has 3 aromatic rings. The molecule has 1 saturated heterocycles. The number of nitrogens with zero attached hydrogens (tertiary/aromatic N) is 3. The van der Waals surface area contributed by atoms with Gasteiger partial charge < -0.3 is 38.6 Å². The van der Waals surface area contributed by atoms with E-state index in [1.165, 1.54) is 24.9 Å². The summed E-state index contributed by atoms with van der Waals surface area (Å²) in [6.45, 7) is -1.74. The summed E-state index contributed by atoms with van der Waals surface area (Å²) in [7, 11) is -3.16. The van der Waals surface area contributed by atoms with Gasteiger partial charge in [-0.15, -0.1) is 11.3 Å². The van der Waals surface area contributed by atoms with Crippen molar-refractivity contribution in [1.82, 2.24) is 9.47 Å². The molecule has 2 aromatic carbocycles. The van der Waals surface area contributed by atoms with E-state index in [-0.39, 0.29) is 46.8 Å². The van der Waals surface area contributed by atoms with Gasteiger partial charge in [0.1, 0.15) is 38.9 Å². The van der Waals surface area contributed by atoms with Crippen LogP contribution < -0.4 is 24.4 Å². The van der Waals surface area contributed by atoms with Gasteiger partial charge in [-0.3, -0.25) is 23.9 Å². The third-order valence-corrected chi connectivity index (χ3v) is 10.8. The smallest absolute Gasteiger partial charge is 0.329 e. The number of fused-ring (bicyclic) bond motifs is 1. The standard InChI is InChI=1S/C33H31N3O13S4/c1-46-22(28-30(42)35(15-16-47-19-26(39)40)32(52-28)27-29(41)36(18-25(37)38)33(50)49-27)12-13-23(48-20-8-3-2-4-9-20)31-34(14-7-17-53(43,44)45)21-10-5-6-11-24(21)51-31/h2-6,8-13H,7,14-19H2,1H3,(H,37,38)(H,39,40)(H,43,44,45)/p-1/b13-12?,28-22?,31-23?,32-27+. The number of anilines is 1. The van der Waals surface area contributed by atoms with Crippen molar-refractivity contribution in [1.29, 1.82) is 0 Å². The summed E-state index contributed by atoms with van der Waals surface area (Å²) in [5, 5.41) is 18.4. The Balaban J connectivity index is 1.65. The average Bonchev–Trinajstić information content (AvgIpc) is 3.73. The molecule has 2 N–H and O–H groups in total. The van der Waals surface area contributed by atoms with Gasteiger partial charge in [0.05, 0.1) is 36.1 Å². The highest BCUT2D eigenvalue weighted by molar-refractivity contribution is 8.03. The summed E-state index contributed by atoms with van der Waals surface area (Å²) in [6, 6.07) is 16.2. The molecular weight excluding hydrogens is 775 g/mol. The molecule has 280 valence electrons. The van der Waals surface area contributed by atoms with E-state index in [4.69, 9.17) is 36.3 Å². The van der Waals surface area contributed by atoms with Crippen LogP contribution in [0.15, 0.2) is 87.2 Å². The van der Waals surface area contributed by atoms with Crippen molar-refractivity contribution in [3.05, 3.63) is 97.1 Å². The van der Waals surface area contributed by atoms with Crippen molar-refractivity contribution < 1.29 is 56.5 Å². The Hall–Kier alpha value is -4.99. The summed E-state index contributed by atoms with van der Waals surface area (Å²) in [5.41, 5.74) is 0.0940. The summed E-state index contributed by atoms with van der Waals surface area (Å²) in [4.78, 5) is 52.9. The fourth-order valence-corrected chi connectivity index (χ4v) is 8.05. The highest BCUT2D eigenvalue weighted by Gasteiger charge is 2.37. The van der Waals surface area contributed by atoms with Gasteiger partial charge in [0.2, 0.25) is 5.76 Å². The van der Waals surface area contributed by atoms with Crippen LogP contribution in [0.1, 0.15) is 6.42 Å². The lowest BCUT2D eigenvalue weighted by atomic mass is 10.2. The Labute approximate surface area is 315 Å². The number of carboxylic acids is 2. The van der Waals surface area contributed by atoms with Crippen LogP contribution in [0, 0.1) is 0 Å². The normalized spacial score (nSPS) is 16.9. The SMILES string of the molecule is COC(C=CC(Oc1ccccc1)=C1Sc2ccccc2N1CCCS(=O)(=O)[O-])=c1s/c(=C2/OC(=S)N(CC(=O)O)C2=O)n(CCOCC(=O)O)c1=O. The van der Waals surface area contributed by atoms with Gasteiger partial charge in [0.25, 0.3) is 10.7 Å². The van der Waals surface area contributed by atoms with Crippen molar-refractivity contribution in [2.24, 2.45) is 0 Å². The number of methoxy groups -OCH3 is 1. The molecular formula is C33H30N3O13S4-. The number of carbonyl (C=O) groups is 3. The highest BCUT2D eigenvalue weighted by Crippen LogP contribution is 2.47. The first-order chi connectivity index (χ1) is 25.3. The molecule has 2 aliphatic heterocycles. The number of carboxylic acid groups (broad SMARTS) is 2. The Morgan fingerprint density at radius 3 is 2.36 bits per heavy atom. The van der Waals surface area contributed by atoms with E-state index in [2.05, 4.69) is 0 Å². The van der Waals surface area contributed by atoms with Gasteiger partial charge in [-0.1, -0.05) is 42.1 Å². The number of thiazole rings is 1. The van der Waals surface area contributed by atoms with Crippen LogP contribution in [0.25, 0.3) is 11.5 Å². The minimum atomic E-state index is -4.47. The number of rotatable bonds is 16. The van der Waals surface area contributed by atoms with Crippen molar-refractivity contribution in [2.75, 3.05) is 44.1 Å². The molecule has 20 heteroatoms. The van der Waals surface area contributed by atoms with Crippen molar-refractivity contribution in [2.45, 2.75) is 17.9 Å². The summed E-state index contributed by atoms with van der Waals surface area (Å²) >= 11 is 7.21. The molecule has 0 spiro atoms. The van der Waals surface area contributed by atoms with E-state index in [9.17, 15) is 37.3 Å². The number of thioether (sulfide) groups is 1. The number of carbonyl (C=O) groups excluding carboxylic acids is 1. The number of aliphatic carboxylic acids is 2. The second-order valence-corrected chi connectivity index (χ2v) is 14.8. The van der Waals surface area contributed by atoms with Gasteiger partial charge in [-0.05, 0) is 55.1 Å². The summed E-state index contributed by atoms with van der Waals surface area (Å²) in [5.74, 6) is -3.72. The molecule has 1 aromatic heterocycles. The monoisotopic (exact) mass is 804 g/mol. The molecule has 2 aliphatic rings. The predicted octanol–water partition coefficient (Wildman–Crippen LogP) is 1.45. The summed E-state index contributed by atoms with van der Waals surface area (Å²) in [6.07, 6.45) is 3.04. The maximum Gasteiger partial charge on any atom is 0.329 e. The molecule has 1 amide bonds. The van der Waals surface area contributed by atoms with Crippen molar-refractivity contribution >= 4 is 85.7 Å². The largest absolute Gasteiger partial charge is 0.748 e. The first-order valence-electron chi connectivity index (χ1n) is 15.5. The molecule has 0 saturated carbocycles.